The zero-order valence-corrected chi connectivity index (χ0v) is 21.1. The van der Waals surface area contributed by atoms with Gasteiger partial charge in [-0.25, -0.2) is 4.99 Å². The third-order valence-electron chi connectivity index (χ3n) is 4.91. The summed E-state index contributed by atoms with van der Waals surface area (Å²) in [5, 5.41) is 6.77. The molecule has 0 unspecified atom stereocenters. The van der Waals surface area contributed by atoms with Crippen LogP contribution in [0, 0.1) is 0 Å². The molecule has 5 nitrogen and oxygen atoms in total. The molecule has 3 rings (SSSR count). The van der Waals surface area contributed by atoms with E-state index in [4.69, 9.17) is 14.5 Å². The quantitative estimate of drug-likeness (QED) is 0.269. The summed E-state index contributed by atoms with van der Waals surface area (Å²) >= 11 is 1.86. The number of ether oxygens (including phenoxy) is 2. The number of nitrogens with zero attached hydrogens (tertiary/aromatic N) is 1. The number of guanidine groups is 1. The fourth-order valence-electron chi connectivity index (χ4n) is 3.26. The minimum absolute atomic E-state index is 0. The van der Waals surface area contributed by atoms with Gasteiger partial charge in [0.25, 0.3) is 0 Å². The molecule has 0 radical (unpaired) electrons. The number of rotatable bonds is 9. The smallest absolute Gasteiger partial charge is 0.191 e. The summed E-state index contributed by atoms with van der Waals surface area (Å²) in [6.07, 6.45) is 3.39. The Morgan fingerprint density at radius 2 is 1.87 bits per heavy atom. The fourth-order valence-corrected chi connectivity index (χ4v) is 4.16. The van der Waals surface area contributed by atoms with Crippen LogP contribution in [-0.4, -0.2) is 31.8 Å². The lowest BCUT2D eigenvalue weighted by Crippen LogP contribution is -2.36. The van der Waals surface area contributed by atoms with E-state index in [0.717, 1.165) is 51.5 Å². The van der Waals surface area contributed by atoms with Crippen molar-refractivity contribution in [2.75, 3.05) is 19.8 Å². The van der Waals surface area contributed by atoms with Crippen LogP contribution in [0.25, 0.3) is 0 Å². The molecule has 1 aromatic heterocycles. The van der Waals surface area contributed by atoms with Crippen LogP contribution in [0.4, 0.5) is 0 Å². The van der Waals surface area contributed by atoms with Gasteiger partial charge in [-0.1, -0.05) is 31.2 Å². The second-order valence-electron chi connectivity index (χ2n) is 7.21. The topological polar surface area (TPSA) is 54.9 Å². The molecule has 2 heterocycles. The highest BCUT2D eigenvalue weighted by Gasteiger charge is 2.14. The fraction of sp³-hybridized carbons (Fsp3) is 0.522. The highest BCUT2D eigenvalue weighted by Crippen LogP contribution is 2.17. The lowest BCUT2D eigenvalue weighted by molar-refractivity contribution is -0.0390. The van der Waals surface area contributed by atoms with E-state index in [1.54, 1.807) is 0 Å². The molecule has 1 aliphatic rings. The molecule has 166 valence electrons. The standard InChI is InChI=1S/C23H33N3O2S.HI/c1-3-21-8-9-22(29-21)16-26-23(24-4-2)25-15-18-6-5-7-19(14-18)17-28-20-10-12-27-13-11-20;/h5-9,14,20H,3-4,10-13,15-17H2,1-2H3,(H2,24,25,26);1H. The van der Waals surface area contributed by atoms with E-state index in [2.05, 4.69) is 60.9 Å². The Hall–Kier alpha value is -1.16. The second-order valence-corrected chi connectivity index (χ2v) is 8.47. The monoisotopic (exact) mass is 543 g/mol. The van der Waals surface area contributed by atoms with Crippen molar-refractivity contribution >= 4 is 41.3 Å². The van der Waals surface area contributed by atoms with Gasteiger partial charge in [0.05, 0.1) is 25.8 Å². The van der Waals surface area contributed by atoms with E-state index >= 15 is 0 Å². The molecular weight excluding hydrogens is 509 g/mol. The number of benzene rings is 1. The predicted molar refractivity (Wildman–Crippen MR) is 136 cm³/mol. The van der Waals surface area contributed by atoms with Crippen LogP contribution in [-0.2, 0) is 35.6 Å². The van der Waals surface area contributed by atoms with E-state index < -0.39 is 0 Å². The summed E-state index contributed by atoms with van der Waals surface area (Å²) in [6, 6.07) is 12.9. The van der Waals surface area contributed by atoms with E-state index in [1.165, 1.54) is 20.9 Å². The highest BCUT2D eigenvalue weighted by atomic mass is 127. The van der Waals surface area contributed by atoms with E-state index in [0.29, 0.717) is 19.3 Å². The zero-order valence-electron chi connectivity index (χ0n) is 18.0. The Bertz CT molecular complexity index is 775. The first-order valence-electron chi connectivity index (χ1n) is 10.6. The normalized spacial score (nSPS) is 14.9. The Kier molecular flexibility index (Phi) is 11.7. The van der Waals surface area contributed by atoms with Crippen molar-refractivity contribution in [3.05, 3.63) is 57.3 Å². The molecule has 1 saturated heterocycles. The summed E-state index contributed by atoms with van der Waals surface area (Å²) in [5.41, 5.74) is 2.40. The molecule has 1 aliphatic heterocycles. The second kappa shape index (κ2) is 14.0. The maximum atomic E-state index is 6.05. The Morgan fingerprint density at radius 1 is 1.10 bits per heavy atom. The van der Waals surface area contributed by atoms with Gasteiger partial charge in [-0.05, 0) is 49.4 Å². The molecule has 0 aliphatic carbocycles. The van der Waals surface area contributed by atoms with Gasteiger partial charge in [-0.15, -0.1) is 35.3 Å². The molecule has 0 atom stereocenters. The first-order chi connectivity index (χ1) is 14.3. The summed E-state index contributed by atoms with van der Waals surface area (Å²) in [7, 11) is 0. The maximum Gasteiger partial charge on any atom is 0.191 e. The number of thiophene rings is 1. The first kappa shape index (κ1) is 25.1. The predicted octanol–water partition coefficient (Wildman–Crippen LogP) is 4.88. The third kappa shape index (κ3) is 8.53. The van der Waals surface area contributed by atoms with Crippen LogP contribution >= 0.6 is 35.3 Å². The van der Waals surface area contributed by atoms with Crippen molar-refractivity contribution in [3.8, 4) is 0 Å². The summed E-state index contributed by atoms with van der Waals surface area (Å²) in [5.74, 6) is 0.850. The molecule has 30 heavy (non-hydrogen) atoms. The number of aliphatic imine (C=N–C) groups is 1. The largest absolute Gasteiger partial charge is 0.381 e. The Labute approximate surface area is 201 Å². The molecule has 0 bridgehead atoms. The lowest BCUT2D eigenvalue weighted by Gasteiger charge is -2.22. The Balaban J connectivity index is 0.00000320. The minimum Gasteiger partial charge on any atom is -0.381 e. The highest BCUT2D eigenvalue weighted by molar-refractivity contribution is 14.0. The number of hydrogen-bond acceptors (Lipinski definition) is 4. The van der Waals surface area contributed by atoms with Crippen LogP contribution in [0.5, 0.6) is 0 Å². The Morgan fingerprint density at radius 3 is 2.60 bits per heavy atom. The van der Waals surface area contributed by atoms with Crippen LogP contribution in [0.15, 0.2) is 41.4 Å². The van der Waals surface area contributed by atoms with Gasteiger partial charge in [0.1, 0.15) is 0 Å². The molecule has 7 heteroatoms. The van der Waals surface area contributed by atoms with Crippen LogP contribution in [0.3, 0.4) is 0 Å². The van der Waals surface area contributed by atoms with Crippen molar-refractivity contribution in [2.45, 2.75) is 58.9 Å². The average Bonchev–Trinajstić information content (AvgIpc) is 3.23. The van der Waals surface area contributed by atoms with E-state index in [9.17, 15) is 0 Å². The molecular formula is C23H34IN3O2S. The number of nitrogens with one attached hydrogen (secondary N) is 2. The molecule has 2 N–H and O–H groups in total. The molecule has 0 amide bonds. The van der Waals surface area contributed by atoms with Gasteiger partial charge >= 0.3 is 0 Å². The first-order valence-corrected chi connectivity index (χ1v) is 11.5. The van der Waals surface area contributed by atoms with Crippen molar-refractivity contribution in [1.82, 2.24) is 10.6 Å². The SMILES string of the molecule is CCNC(=NCc1cccc(COC2CCOCC2)c1)NCc1ccc(CC)s1.I. The van der Waals surface area contributed by atoms with Crippen LogP contribution < -0.4 is 10.6 Å². The van der Waals surface area contributed by atoms with E-state index in [1.807, 2.05) is 11.3 Å². The number of aryl methyl sites for hydroxylation is 1. The third-order valence-corrected chi connectivity index (χ3v) is 6.13. The van der Waals surface area contributed by atoms with Gasteiger partial charge in [-0.3, -0.25) is 0 Å². The van der Waals surface area contributed by atoms with Gasteiger partial charge in [0, 0.05) is 29.5 Å². The van der Waals surface area contributed by atoms with Crippen LogP contribution in [0.2, 0.25) is 0 Å². The van der Waals surface area contributed by atoms with Gasteiger partial charge < -0.3 is 20.1 Å². The molecule has 0 saturated carbocycles. The summed E-state index contributed by atoms with van der Waals surface area (Å²) < 4.78 is 11.4. The van der Waals surface area contributed by atoms with Gasteiger partial charge in [0.15, 0.2) is 5.96 Å². The molecule has 2 aromatic rings. The zero-order chi connectivity index (χ0) is 20.3. The lowest BCUT2D eigenvalue weighted by atomic mass is 10.1. The summed E-state index contributed by atoms with van der Waals surface area (Å²) in [6.45, 7) is 8.84. The van der Waals surface area contributed by atoms with Crippen molar-refractivity contribution < 1.29 is 9.47 Å². The van der Waals surface area contributed by atoms with Crippen LogP contribution in [0.1, 0.15) is 47.6 Å². The van der Waals surface area contributed by atoms with Crippen molar-refractivity contribution in [3.63, 3.8) is 0 Å². The molecule has 1 fully saturated rings. The number of halogens is 1. The average molecular weight is 544 g/mol. The van der Waals surface area contributed by atoms with Crippen molar-refractivity contribution in [2.24, 2.45) is 4.99 Å². The molecule has 0 spiro atoms. The summed E-state index contributed by atoms with van der Waals surface area (Å²) in [4.78, 5) is 7.51. The van der Waals surface area contributed by atoms with E-state index in [-0.39, 0.29) is 24.0 Å². The van der Waals surface area contributed by atoms with Gasteiger partial charge in [0.2, 0.25) is 0 Å². The maximum absolute atomic E-state index is 6.05. The molecule has 1 aromatic carbocycles. The minimum atomic E-state index is 0. The number of hydrogen-bond donors (Lipinski definition) is 2. The van der Waals surface area contributed by atoms with Gasteiger partial charge in [-0.2, -0.15) is 0 Å². The van der Waals surface area contributed by atoms with Crippen molar-refractivity contribution in [1.29, 1.82) is 0 Å².